The molecular weight excluding hydrogens is 352 g/mol. The summed E-state index contributed by atoms with van der Waals surface area (Å²) in [7, 11) is 0. The number of hydrogen-bond donors (Lipinski definition) is 1. The summed E-state index contributed by atoms with van der Waals surface area (Å²) in [5, 5.41) is 12.5. The minimum Gasteiger partial charge on any atom is -0.373 e. The predicted octanol–water partition coefficient (Wildman–Crippen LogP) is 2.30. The second-order valence-electron chi connectivity index (χ2n) is 5.69. The average Bonchev–Trinajstić information content (AvgIpc) is 2.67. The van der Waals surface area contributed by atoms with E-state index in [-0.39, 0.29) is 5.57 Å². The third-order valence-electron chi connectivity index (χ3n) is 3.91. The molecule has 2 heterocycles. The maximum Gasteiger partial charge on any atom is 0.267 e. The minimum absolute atomic E-state index is 0.0504. The Morgan fingerprint density at radius 1 is 1.19 bits per heavy atom. The van der Waals surface area contributed by atoms with Crippen LogP contribution in [0.25, 0.3) is 0 Å². The highest BCUT2D eigenvalue weighted by Crippen LogP contribution is 2.16. The second-order valence-corrected chi connectivity index (χ2v) is 6.13. The number of aromatic nitrogens is 2. The molecule has 1 aromatic carbocycles. The van der Waals surface area contributed by atoms with Gasteiger partial charge in [-0.05, 0) is 24.3 Å². The molecule has 8 heteroatoms. The SMILES string of the molecule is N#C/C(=C/N1CCN(c2ncccn2)CC1)C(=O)Nc1cccc(Cl)c1. The number of anilines is 2. The summed E-state index contributed by atoms with van der Waals surface area (Å²) >= 11 is 5.91. The summed E-state index contributed by atoms with van der Waals surface area (Å²) in [6.07, 6.45) is 5.02. The maximum atomic E-state index is 12.3. The monoisotopic (exact) mass is 368 g/mol. The van der Waals surface area contributed by atoms with Crippen LogP contribution in [0.3, 0.4) is 0 Å². The summed E-state index contributed by atoms with van der Waals surface area (Å²) in [5.74, 6) is 0.235. The van der Waals surface area contributed by atoms with Gasteiger partial charge in [-0.1, -0.05) is 17.7 Å². The van der Waals surface area contributed by atoms with Gasteiger partial charge in [-0.25, -0.2) is 9.97 Å². The van der Waals surface area contributed by atoms with Gasteiger partial charge in [-0.15, -0.1) is 0 Å². The largest absolute Gasteiger partial charge is 0.373 e. The van der Waals surface area contributed by atoms with Crippen LogP contribution in [0.15, 0.2) is 54.5 Å². The van der Waals surface area contributed by atoms with Gasteiger partial charge in [0.2, 0.25) is 5.95 Å². The molecule has 26 heavy (non-hydrogen) atoms. The Morgan fingerprint density at radius 2 is 1.92 bits per heavy atom. The summed E-state index contributed by atoms with van der Waals surface area (Å²) in [6, 6.07) is 10.5. The molecule has 0 atom stereocenters. The van der Waals surface area contributed by atoms with Gasteiger partial charge in [0, 0.05) is 55.5 Å². The molecule has 3 rings (SSSR count). The first-order valence-corrected chi connectivity index (χ1v) is 8.48. The average molecular weight is 369 g/mol. The van der Waals surface area contributed by atoms with Crippen molar-refractivity contribution in [3.05, 3.63) is 59.5 Å². The minimum atomic E-state index is -0.455. The number of nitriles is 1. The standard InChI is InChI=1S/C18H17ClN6O/c19-15-3-1-4-16(11-15)23-17(26)14(12-20)13-24-7-9-25(10-8-24)18-21-5-2-6-22-18/h1-6,11,13H,7-10H2,(H,23,26)/b14-13-. The van der Waals surface area contributed by atoms with Crippen molar-refractivity contribution >= 4 is 29.1 Å². The van der Waals surface area contributed by atoms with Gasteiger partial charge < -0.3 is 15.1 Å². The Labute approximate surface area is 156 Å². The van der Waals surface area contributed by atoms with Crippen molar-refractivity contribution in [2.24, 2.45) is 0 Å². The number of nitrogens with one attached hydrogen (secondary N) is 1. The molecule has 1 fully saturated rings. The lowest BCUT2D eigenvalue weighted by molar-refractivity contribution is -0.112. The maximum absolute atomic E-state index is 12.3. The zero-order chi connectivity index (χ0) is 18.4. The summed E-state index contributed by atoms with van der Waals surface area (Å²) in [4.78, 5) is 24.8. The third kappa shape index (κ3) is 4.49. The van der Waals surface area contributed by atoms with Crippen LogP contribution in [0.4, 0.5) is 11.6 Å². The smallest absolute Gasteiger partial charge is 0.267 e. The van der Waals surface area contributed by atoms with E-state index in [1.165, 1.54) is 0 Å². The van der Waals surface area contributed by atoms with E-state index in [1.54, 1.807) is 48.9 Å². The fraction of sp³-hybridized carbons (Fsp3) is 0.222. The molecule has 1 aliphatic rings. The van der Waals surface area contributed by atoms with E-state index in [9.17, 15) is 10.1 Å². The van der Waals surface area contributed by atoms with E-state index in [2.05, 4.69) is 20.2 Å². The van der Waals surface area contributed by atoms with E-state index in [0.717, 1.165) is 13.1 Å². The van der Waals surface area contributed by atoms with Crippen molar-refractivity contribution < 1.29 is 4.79 Å². The van der Waals surface area contributed by atoms with Gasteiger partial charge in [0.15, 0.2) is 0 Å². The molecular formula is C18H17ClN6O. The van der Waals surface area contributed by atoms with Crippen molar-refractivity contribution in [2.75, 3.05) is 36.4 Å². The first-order chi connectivity index (χ1) is 12.7. The molecule has 0 bridgehead atoms. The van der Waals surface area contributed by atoms with Crippen LogP contribution >= 0.6 is 11.6 Å². The highest BCUT2D eigenvalue weighted by Gasteiger charge is 2.19. The quantitative estimate of drug-likeness (QED) is 0.658. The summed E-state index contributed by atoms with van der Waals surface area (Å²) in [6.45, 7) is 2.78. The van der Waals surface area contributed by atoms with Crippen LogP contribution in [0, 0.1) is 11.3 Å². The van der Waals surface area contributed by atoms with Crippen LogP contribution in [-0.4, -0.2) is 47.0 Å². The molecule has 1 saturated heterocycles. The summed E-state index contributed by atoms with van der Waals surface area (Å²) < 4.78 is 0. The van der Waals surface area contributed by atoms with Gasteiger partial charge in [-0.3, -0.25) is 4.79 Å². The second kappa shape index (κ2) is 8.32. The number of rotatable bonds is 4. The lowest BCUT2D eigenvalue weighted by atomic mass is 10.2. The number of halogens is 1. The Morgan fingerprint density at radius 3 is 2.58 bits per heavy atom. The first-order valence-electron chi connectivity index (χ1n) is 8.10. The number of carbonyl (C=O) groups is 1. The van der Waals surface area contributed by atoms with Crippen molar-refractivity contribution in [1.29, 1.82) is 5.26 Å². The predicted molar refractivity (Wildman–Crippen MR) is 99.6 cm³/mol. The zero-order valence-corrected chi connectivity index (χ0v) is 14.7. The lowest BCUT2D eigenvalue weighted by Crippen LogP contribution is -2.45. The van der Waals surface area contributed by atoms with E-state index < -0.39 is 5.91 Å². The molecule has 132 valence electrons. The zero-order valence-electron chi connectivity index (χ0n) is 14.0. The molecule has 0 aliphatic carbocycles. The van der Waals surface area contributed by atoms with E-state index in [0.29, 0.717) is 29.7 Å². The van der Waals surface area contributed by atoms with Gasteiger partial charge in [0.1, 0.15) is 11.6 Å². The lowest BCUT2D eigenvalue weighted by Gasteiger charge is -2.34. The van der Waals surface area contributed by atoms with Crippen molar-refractivity contribution in [3.63, 3.8) is 0 Å². The summed E-state index contributed by atoms with van der Waals surface area (Å²) in [5.41, 5.74) is 0.601. The Hall–Kier alpha value is -3.11. The molecule has 1 amide bonds. The van der Waals surface area contributed by atoms with Crippen LogP contribution in [0.5, 0.6) is 0 Å². The number of benzene rings is 1. The molecule has 0 unspecified atom stereocenters. The first kappa shape index (κ1) is 17.7. The van der Waals surface area contributed by atoms with E-state index >= 15 is 0 Å². The number of amides is 1. The van der Waals surface area contributed by atoms with Crippen molar-refractivity contribution in [1.82, 2.24) is 14.9 Å². The highest BCUT2D eigenvalue weighted by molar-refractivity contribution is 6.31. The Kier molecular flexibility index (Phi) is 5.66. The van der Waals surface area contributed by atoms with Crippen molar-refractivity contribution in [2.45, 2.75) is 0 Å². The highest BCUT2D eigenvalue weighted by atomic mass is 35.5. The number of carbonyl (C=O) groups excluding carboxylic acids is 1. The number of hydrogen-bond acceptors (Lipinski definition) is 6. The molecule has 0 saturated carbocycles. The van der Waals surface area contributed by atoms with Gasteiger partial charge in [-0.2, -0.15) is 5.26 Å². The third-order valence-corrected chi connectivity index (χ3v) is 4.14. The normalized spacial score (nSPS) is 14.7. The molecule has 2 aromatic rings. The van der Waals surface area contributed by atoms with Crippen LogP contribution < -0.4 is 10.2 Å². The van der Waals surface area contributed by atoms with Gasteiger partial charge in [0.25, 0.3) is 5.91 Å². The number of nitrogens with zero attached hydrogens (tertiary/aromatic N) is 5. The fourth-order valence-corrected chi connectivity index (χ4v) is 2.78. The Balaban J connectivity index is 1.61. The molecule has 1 aromatic heterocycles. The van der Waals surface area contributed by atoms with Crippen LogP contribution in [-0.2, 0) is 4.79 Å². The van der Waals surface area contributed by atoms with Gasteiger partial charge in [0.05, 0.1) is 0 Å². The van der Waals surface area contributed by atoms with Crippen LogP contribution in [0.1, 0.15) is 0 Å². The molecule has 0 spiro atoms. The molecule has 7 nitrogen and oxygen atoms in total. The van der Waals surface area contributed by atoms with Gasteiger partial charge >= 0.3 is 0 Å². The molecule has 1 aliphatic heterocycles. The van der Waals surface area contributed by atoms with Crippen molar-refractivity contribution in [3.8, 4) is 6.07 Å². The van der Waals surface area contributed by atoms with E-state index in [1.807, 2.05) is 11.0 Å². The van der Waals surface area contributed by atoms with E-state index in [4.69, 9.17) is 11.6 Å². The van der Waals surface area contributed by atoms with Crippen LogP contribution in [0.2, 0.25) is 5.02 Å². The molecule has 0 radical (unpaired) electrons. The number of piperazine rings is 1. The Bertz CT molecular complexity index is 840. The molecule has 1 N–H and O–H groups in total. The topological polar surface area (TPSA) is 85.2 Å². The fourth-order valence-electron chi connectivity index (χ4n) is 2.59.